The van der Waals surface area contributed by atoms with E-state index < -0.39 is 18.1 Å². The molecule has 2 heterocycles. The lowest BCUT2D eigenvalue weighted by atomic mass is 10.2. The van der Waals surface area contributed by atoms with Gasteiger partial charge in [-0.1, -0.05) is 0 Å². The zero-order valence-electron chi connectivity index (χ0n) is 10.3. The maximum absolute atomic E-state index is 10.6. The summed E-state index contributed by atoms with van der Waals surface area (Å²) in [7, 11) is 0. The Balaban J connectivity index is 0.000000246. The number of nitrogens with zero attached hydrogens (tertiary/aromatic N) is 2. The molecule has 0 amide bonds. The van der Waals surface area contributed by atoms with Crippen LogP contribution in [-0.4, -0.2) is 58.1 Å². The van der Waals surface area contributed by atoms with Gasteiger partial charge < -0.3 is 15.1 Å². The summed E-state index contributed by atoms with van der Waals surface area (Å²) in [6.45, 7) is 1.65. The molecule has 1 fully saturated rings. The maximum atomic E-state index is 10.6. The van der Waals surface area contributed by atoms with E-state index >= 15 is 0 Å². The number of hydrogen-bond donors (Lipinski definition) is 2. The van der Waals surface area contributed by atoms with Crippen LogP contribution in [0.1, 0.15) is 12.8 Å². The van der Waals surface area contributed by atoms with Crippen LogP contribution in [0.5, 0.6) is 0 Å². The van der Waals surface area contributed by atoms with Crippen molar-refractivity contribution in [2.75, 3.05) is 13.1 Å². The van der Waals surface area contributed by atoms with Gasteiger partial charge in [-0.25, -0.2) is 9.59 Å². The van der Waals surface area contributed by atoms with Crippen LogP contribution in [0, 0.1) is 0 Å². The highest BCUT2D eigenvalue weighted by Gasteiger charge is 2.38. The first-order valence-electron chi connectivity index (χ1n) is 5.73. The van der Waals surface area contributed by atoms with E-state index in [1.807, 2.05) is 6.20 Å². The van der Waals surface area contributed by atoms with Crippen molar-refractivity contribution in [2.24, 2.45) is 4.99 Å². The number of aliphatic carboxylic acids is 2. The second kappa shape index (κ2) is 6.40. The summed E-state index contributed by atoms with van der Waals surface area (Å²) in [5, 5.41) is 15.9. The molecule has 0 aliphatic carbocycles. The van der Waals surface area contributed by atoms with Gasteiger partial charge in [0.15, 0.2) is 0 Å². The van der Waals surface area contributed by atoms with Crippen LogP contribution in [0.3, 0.4) is 0 Å². The first kappa shape index (κ1) is 16.0. The Morgan fingerprint density at radius 1 is 1.35 bits per heavy atom. The summed E-state index contributed by atoms with van der Waals surface area (Å²) >= 11 is 0. The molecule has 1 unspecified atom stereocenters. The van der Waals surface area contributed by atoms with Crippen molar-refractivity contribution in [2.45, 2.75) is 25.1 Å². The van der Waals surface area contributed by atoms with Gasteiger partial charge in [-0.15, -0.1) is 0 Å². The predicted octanol–water partition coefficient (Wildman–Crippen LogP) is 1.14. The SMILES string of the molecule is O=C(O)C(F)(F)F.O=C(O)C1=NCC2CCCN2C=C1. The minimum atomic E-state index is -5.08. The first-order chi connectivity index (χ1) is 9.21. The molecule has 112 valence electrons. The lowest BCUT2D eigenvalue weighted by molar-refractivity contribution is -0.192. The van der Waals surface area contributed by atoms with Gasteiger partial charge in [-0.05, 0) is 18.9 Å². The van der Waals surface area contributed by atoms with Crippen molar-refractivity contribution < 1.29 is 33.0 Å². The second-order valence-corrected chi connectivity index (χ2v) is 4.18. The average Bonchev–Trinajstić information content (AvgIpc) is 2.67. The highest BCUT2D eigenvalue weighted by Crippen LogP contribution is 2.19. The number of aliphatic imine (C=N–C) groups is 1. The number of hydrogen-bond acceptors (Lipinski definition) is 4. The van der Waals surface area contributed by atoms with E-state index in [1.165, 1.54) is 6.42 Å². The van der Waals surface area contributed by atoms with E-state index in [4.69, 9.17) is 15.0 Å². The van der Waals surface area contributed by atoms with Crippen LogP contribution in [0.15, 0.2) is 17.3 Å². The number of carboxylic acid groups (broad SMARTS) is 2. The van der Waals surface area contributed by atoms with Crippen LogP contribution in [0.25, 0.3) is 0 Å². The zero-order valence-corrected chi connectivity index (χ0v) is 10.3. The van der Waals surface area contributed by atoms with Crippen LogP contribution in [-0.2, 0) is 9.59 Å². The Kier molecular flexibility index (Phi) is 5.12. The molecular formula is C11H13F3N2O4. The standard InChI is InChI=1S/C9H12N2O2.C2HF3O2/c12-9(13)8-3-5-11-4-1-2-7(11)6-10-8;3-2(4,5)1(6)7/h3,5,7H,1-2,4,6H2,(H,12,13);(H,6,7). The lowest BCUT2D eigenvalue weighted by Crippen LogP contribution is -2.25. The quantitative estimate of drug-likeness (QED) is 0.756. The molecule has 2 N–H and O–H groups in total. The summed E-state index contributed by atoms with van der Waals surface area (Å²) in [5.41, 5.74) is 0.175. The van der Waals surface area contributed by atoms with Gasteiger partial charge in [0, 0.05) is 18.8 Å². The second-order valence-electron chi connectivity index (χ2n) is 4.18. The van der Waals surface area contributed by atoms with Crippen LogP contribution >= 0.6 is 0 Å². The maximum Gasteiger partial charge on any atom is 0.490 e. The fraction of sp³-hybridized carbons (Fsp3) is 0.545. The molecule has 6 nitrogen and oxygen atoms in total. The van der Waals surface area contributed by atoms with Gasteiger partial charge in [-0.2, -0.15) is 13.2 Å². The number of fused-ring (bicyclic) bond motifs is 1. The molecule has 2 rings (SSSR count). The van der Waals surface area contributed by atoms with Gasteiger partial charge in [0.05, 0.1) is 6.54 Å². The molecule has 20 heavy (non-hydrogen) atoms. The van der Waals surface area contributed by atoms with Crippen molar-refractivity contribution in [1.29, 1.82) is 0 Å². The topological polar surface area (TPSA) is 90.2 Å². The van der Waals surface area contributed by atoms with Crippen LogP contribution < -0.4 is 0 Å². The summed E-state index contributed by atoms with van der Waals surface area (Å²) in [4.78, 5) is 25.8. The molecule has 0 aromatic heterocycles. The Morgan fingerprint density at radius 3 is 2.45 bits per heavy atom. The molecule has 0 bridgehead atoms. The fourth-order valence-electron chi connectivity index (χ4n) is 1.81. The largest absolute Gasteiger partial charge is 0.490 e. The number of alkyl halides is 3. The van der Waals surface area contributed by atoms with Gasteiger partial charge in [0.25, 0.3) is 0 Å². The van der Waals surface area contributed by atoms with Crippen LogP contribution in [0.4, 0.5) is 13.2 Å². The monoisotopic (exact) mass is 294 g/mol. The third kappa shape index (κ3) is 4.56. The number of rotatable bonds is 1. The molecule has 2 aliphatic rings. The average molecular weight is 294 g/mol. The van der Waals surface area contributed by atoms with Gasteiger partial charge in [0.1, 0.15) is 5.71 Å². The first-order valence-corrected chi connectivity index (χ1v) is 5.73. The Bertz CT molecular complexity index is 445. The Hall–Kier alpha value is -2.06. The Labute approximate surface area is 112 Å². The minimum Gasteiger partial charge on any atom is -0.477 e. The smallest absolute Gasteiger partial charge is 0.477 e. The van der Waals surface area contributed by atoms with E-state index in [1.54, 1.807) is 6.08 Å². The van der Waals surface area contributed by atoms with Gasteiger partial charge >= 0.3 is 18.1 Å². The minimum absolute atomic E-state index is 0.175. The van der Waals surface area contributed by atoms with E-state index in [-0.39, 0.29) is 5.71 Å². The number of halogens is 3. The molecule has 0 aromatic rings. The molecule has 2 aliphatic heterocycles. The molecule has 1 atom stereocenters. The molecule has 1 saturated heterocycles. The molecule has 0 spiro atoms. The highest BCUT2D eigenvalue weighted by atomic mass is 19.4. The van der Waals surface area contributed by atoms with Crippen molar-refractivity contribution in [3.05, 3.63) is 12.3 Å². The molecule has 9 heteroatoms. The number of carbonyl (C=O) groups is 2. The van der Waals surface area contributed by atoms with Gasteiger partial charge in [-0.3, -0.25) is 4.99 Å². The third-order valence-electron chi connectivity index (χ3n) is 2.78. The zero-order chi connectivity index (χ0) is 15.3. The van der Waals surface area contributed by atoms with E-state index in [9.17, 15) is 18.0 Å². The van der Waals surface area contributed by atoms with Gasteiger partial charge in [0.2, 0.25) is 0 Å². The summed E-state index contributed by atoms with van der Waals surface area (Å²) in [6.07, 6.45) is 0.680. The summed E-state index contributed by atoms with van der Waals surface area (Å²) in [6, 6.07) is 0.424. The fourth-order valence-corrected chi connectivity index (χ4v) is 1.81. The third-order valence-corrected chi connectivity index (χ3v) is 2.78. The van der Waals surface area contributed by atoms with Crippen LogP contribution in [0.2, 0.25) is 0 Å². The van der Waals surface area contributed by atoms with Crippen molar-refractivity contribution in [3.8, 4) is 0 Å². The normalized spacial score (nSPS) is 21.2. The highest BCUT2D eigenvalue weighted by molar-refractivity contribution is 6.40. The summed E-state index contributed by atoms with van der Waals surface area (Å²) in [5.74, 6) is -3.69. The van der Waals surface area contributed by atoms with E-state index in [0.29, 0.717) is 12.6 Å². The lowest BCUT2D eigenvalue weighted by Gasteiger charge is -2.18. The molecule has 0 saturated carbocycles. The number of carboxylic acids is 2. The molecule has 0 radical (unpaired) electrons. The Morgan fingerprint density at radius 2 is 1.95 bits per heavy atom. The van der Waals surface area contributed by atoms with E-state index in [2.05, 4.69) is 9.89 Å². The predicted molar refractivity (Wildman–Crippen MR) is 62.5 cm³/mol. The molecule has 0 aromatic carbocycles. The van der Waals surface area contributed by atoms with Crippen molar-refractivity contribution in [3.63, 3.8) is 0 Å². The molecular weight excluding hydrogens is 281 g/mol. The van der Waals surface area contributed by atoms with E-state index in [0.717, 1.165) is 13.0 Å². The van der Waals surface area contributed by atoms with Crippen molar-refractivity contribution in [1.82, 2.24) is 4.90 Å². The van der Waals surface area contributed by atoms with Crippen molar-refractivity contribution >= 4 is 17.7 Å². The summed E-state index contributed by atoms with van der Waals surface area (Å²) < 4.78 is 31.7.